The Morgan fingerprint density at radius 1 is 0.350 bits per heavy atom. The predicted octanol–water partition coefficient (Wildman–Crippen LogP) is 16.3. The van der Waals surface area contributed by atoms with Gasteiger partial charge in [0.15, 0.2) is 6.10 Å². The van der Waals surface area contributed by atoms with Crippen molar-refractivity contribution in [2.75, 3.05) is 13.2 Å². The first-order chi connectivity index (χ1) is 29.5. The molecule has 0 aromatic heterocycles. The smallest absolute Gasteiger partial charge is 0.306 e. The third-order valence-corrected chi connectivity index (χ3v) is 10.4. The van der Waals surface area contributed by atoms with E-state index >= 15 is 0 Å². The molecule has 6 nitrogen and oxygen atoms in total. The van der Waals surface area contributed by atoms with Crippen LogP contribution in [0.5, 0.6) is 0 Å². The summed E-state index contributed by atoms with van der Waals surface area (Å²) in [7, 11) is 0. The molecule has 0 radical (unpaired) electrons. The van der Waals surface area contributed by atoms with Crippen molar-refractivity contribution in [3.8, 4) is 0 Å². The van der Waals surface area contributed by atoms with Gasteiger partial charge in [-0.25, -0.2) is 0 Å². The second-order valence-corrected chi connectivity index (χ2v) is 16.3. The van der Waals surface area contributed by atoms with Gasteiger partial charge in [0.2, 0.25) is 0 Å². The number of unbranched alkanes of at least 4 members (excludes halogenated alkanes) is 21. The highest BCUT2D eigenvalue weighted by Gasteiger charge is 2.19. The van der Waals surface area contributed by atoms with Crippen LogP contribution in [0.2, 0.25) is 0 Å². The molecule has 0 aliphatic heterocycles. The largest absolute Gasteiger partial charge is 0.462 e. The minimum atomic E-state index is -0.790. The average Bonchev–Trinajstić information content (AvgIpc) is 3.24. The number of carbonyl (C=O) groups excluding carboxylic acids is 3. The standard InChI is InChI=1S/C54H92O6/c1-4-7-10-13-16-19-22-24-25-26-27-28-29-31-32-35-38-41-44-47-53(56)59-50-51(49-58-52(55)46-43-40-37-34-21-18-15-12-9-6-3)60-54(57)48-45-42-39-36-33-30-23-20-17-14-11-8-5-2/h7,10,15-16,18-19,24-25,27-28,31-32,51H,4-6,8-9,11-14,17,20-23,26,29-30,33-50H2,1-3H3/b10-7-,18-15-,19-16-,25-24-,28-27-,32-31-. The van der Waals surface area contributed by atoms with E-state index in [2.05, 4.69) is 93.7 Å². The van der Waals surface area contributed by atoms with Gasteiger partial charge in [-0.2, -0.15) is 0 Å². The SMILES string of the molecule is CC/C=C\C/C=C\C/C=C\C/C=C\C/C=C\CCCCCC(=O)OCC(COC(=O)CCCCCC/C=C\CCCC)OC(=O)CCCCCCCCCCCCCCC. The topological polar surface area (TPSA) is 78.9 Å². The lowest BCUT2D eigenvalue weighted by molar-refractivity contribution is -0.167. The zero-order valence-corrected chi connectivity index (χ0v) is 39.2. The van der Waals surface area contributed by atoms with Crippen molar-refractivity contribution in [3.05, 3.63) is 72.9 Å². The molecule has 0 saturated carbocycles. The maximum atomic E-state index is 12.8. The van der Waals surface area contributed by atoms with Crippen molar-refractivity contribution in [3.63, 3.8) is 0 Å². The zero-order chi connectivity index (χ0) is 43.7. The molecule has 0 fully saturated rings. The minimum Gasteiger partial charge on any atom is -0.462 e. The number of hydrogen-bond donors (Lipinski definition) is 0. The summed E-state index contributed by atoms with van der Waals surface area (Å²) in [5, 5.41) is 0. The van der Waals surface area contributed by atoms with Gasteiger partial charge >= 0.3 is 17.9 Å². The highest BCUT2D eigenvalue weighted by Crippen LogP contribution is 2.14. The summed E-state index contributed by atoms with van der Waals surface area (Å²) in [5.41, 5.74) is 0. The molecule has 0 aliphatic carbocycles. The Hall–Kier alpha value is -3.15. The Morgan fingerprint density at radius 3 is 1.10 bits per heavy atom. The van der Waals surface area contributed by atoms with Crippen LogP contribution in [-0.4, -0.2) is 37.2 Å². The second kappa shape index (κ2) is 48.5. The van der Waals surface area contributed by atoms with Gasteiger partial charge in [0.25, 0.3) is 0 Å². The van der Waals surface area contributed by atoms with E-state index < -0.39 is 6.10 Å². The molecule has 60 heavy (non-hydrogen) atoms. The molecule has 0 spiro atoms. The van der Waals surface area contributed by atoms with Gasteiger partial charge in [0.05, 0.1) is 0 Å². The van der Waals surface area contributed by atoms with Gasteiger partial charge in [0, 0.05) is 19.3 Å². The second-order valence-electron chi connectivity index (χ2n) is 16.3. The first-order valence-corrected chi connectivity index (χ1v) is 24.9. The van der Waals surface area contributed by atoms with Crippen LogP contribution in [0.3, 0.4) is 0 Å². The molecule has 1 atom stereocenters. The first-order valence-electron chi connectivity index (χ1n) is 24.9. The Labute approximate surface area is 370 Å². The molecule has 344 valence electrons. The van der Waals surface area contributed by atoms with Crippen LogP contribution >= 0.6 is 0 Å². The molecule has 0 N–H and O–H groups in total. The van der Waals surface area contributed by atoms with E-state index in [0.717, 1.165) is 116 Å². The summed E-state index contributed by atoms with van der Waals surface area (Å²) in [4.78, 5) is 37.8. The van der Waals surface area contributed by atoms with Crippen LogP contribution < -0.4 is 0 Å². The van der Waals surface area contributed by atoms with Gasteiger partial charge in [-0.05, 0) is 83.5 Å². The van der Waals surface area contributed by atoms with Crippen molar-refractivity contribution < 1.29 is 28.6 Å². The fraction of sp³-hybridized carbons (Fsp3) is 0.722. The van der Waals surface area contributed by atoms with Gasteiger partial charge in [-0.3, -0.25) is 14.4 Å². The molecular weight excluding hydrogens is 745 g/mol. The summed E-state index contributed by atoms with van der Waals surface area (Å²) in [6.45, 7) is 6.44. The van der Waals surface area contributed by atoms with Crippen LogP contribution in [0.25, 0.3) is 0 Å². The molecule has 0 bridgehead atoms. The summed E-state index contributed by atoms with van der Waals surface area (Å²) >= 11 is 0. The van der Waals surface area contributed by atoms with E-state index in [-0.39, 0.29) is 31.1 Å². The van der Waals surface area contributed by atoms with Crippen molar-refractivity contribution in [1.82, 2.24) is 0 Å². The van der Waals surface area contributed by atoms with Gasteiger partial charge in [-0.1, -0.05) is 203 Å². The van der Waals surface area contributed by atoms with Crippen LogP contribution in [0, 0.1) is 0 Å². The number of rotatable bonds is 44. The molecule has 0 amide bonds. The van der Waals surface area contributed by atoms with E-state index in [9.17, 15) is 14.4 Å². The lowest BCUT2D eigenvalue weighted by Crippen LogP contribution is -2.30. The highest BCUT2D eigenvalue weighted by atomic mass is 16.6. The Balaban J connectivity index is 4.41. The Kier molecular flexibility index (Phi) is 46.0. The van der Waals surface area contributed by atoms with E-state index in [1.165, 1.54) is 77.0 Å². The van der Waals surface area contributed by atoms with Gasteiger partial charge in [0.1, 0.15) is 13.2 Å². The Morgan fingerprint density at radius 2 is 0.667 bits per heavy atom. The number of esters is 3. The zero-order valence-electron chi connectivity index (χ0n) is 39.2. The van der Waals surface area contributed by atoms with E-state index in [4.69, 9.17) is 14.2 Å². The molecule has 0 aromatic rings. The van der Waals surface area contributed by atoms with Gasteiger partial charge < -0.3 is 14.2 Å². The number of allylic oxidation sites excluding steroid dienone is 12. The fourth-order valence-electron chi connectivity index (χ4n) is 6.68. The van der Waals surface area contributed by atoms with Crippen LogP contribution in [0.1, 0.15) is 233 Å². The van der Waals surface area contributed by atoms with E-state index in [0.29, 0.717) is 19.3 Å². The molecular formula is C54H92O6. The molecule has 0 rings (SSSR count). The molecule has 0 heterocycles. The number of hydrogen-bond acceptors (Lipinski definition) is 6. The average molecular weight is 837 g/mol. The molecule has 0 aliphatic rings. The van der Waals surface area contributed by atoms with Crippen molar-refractivity contribution in [1.29, 1.82) is 0 Å². The maximum absolute atomic E-state index is 12.8. The predicted molar refractivity (Wildman–Crippen MR) is 256 cm³/mol. The van der Waals surface area contributed by atoms with Crippen molar-refractivity contribution in [2.45, 2.75) is 239 Å². The highest BCUT2D eigenvalue weighted by molar-refractivity contribution is 5.71. The van der Waals surface area contributed by atoms with E-state index in [1.807, 2.05) is 0 Å². The summed E-state index contributed by atoms with van der Waals surface area (Å²) in [6, 6.07) is 0. The lowest BCUT2D eigenvalue weighted by atomic mass is 10.0. The van der Waals surface area contributed by atoms with E-state index in [1.54, 1.807) is 0 Å². The summed E-state index contributed by atoms with van der Waals surface area (Å²) in [5.74, 6) is -0.936. The van der Waals surface area contributed by atoms with Crippen molar-refractivity contribution >= 4 is 17.9 Å². The monoisotopic (exact) mass is 837 g/mol. The molecule has 1 unspecified atom stereocenters. The first kappa shape index (κ1) is 56.9. The molecule has 0 saturated heterocycles. The van der Waals surface area contributed by atoms with Crippen molar-refractivity contribution in [2.24, 2.45) is 0 Å². The number of carbonyl (C=O) groups is 3. The molecule has 0 aromatic carbocycles. The summed E-state index contributed by atoms with van der Waals surface area (Å²) in [6.07, 6.45) is 60.3. The normalized spacial score (nSPS) is 12.7. The van der Waals surface area contributed by atoms with Crippen LogP contribution in [-0.2, 0) is 28.6 Å². The van der Waals surface area contributed by atoms with Crippen LogP contribution in [0.4, 0.5) is 0 Å². The quantitative estimate of drug-likeness (QED) is 0.0263. The number of ether oxygens (including phenoxy) is 3. The fourth-order valence-corrected chi connectivity index (χ4v) is 6.68. The van der Waals surface area contributed by atoms with Crippen LogP contribution in [0.15, 0.2) is 72.9 Å². The van der Waals surface area contributed by atoms with Gasteiger partial charge in [-0.15, -0.1) is 0 Å². The third kappa shape index (κ3) is 45.9. The molecule has 6 heteroatoms. The summed E-state index contributed by atoms with van der Waals surface area (Å²) < 4.78 is 16.7. The minimum absolute atomic E-state index is 0.0910. The lowest BCUT2D eigenvalue weighted by Gasteiger charge is -2.18. The maximum Gasteiger partial charge on any atom is 0.306 e. The Bertz CT molecular complexity index is 1140. The third-order valence-electron chi connectivity index (χ3n) is 10.4.